The zero-order valence-corrected chi connectivity index (χ0v) is 59.3. The minimum absolute atomic E-state index is 0.419. The van der Waals surface area contributed by atoms with Crippen molar-refractivity contribution < 1.29 is 18.9 Å². The van der Waals surface area contributed by atoms with Gasteiger partial charge in [-0.3, -0.25) is 0 Å². The maximum atomic E-state index is 7.10. The smallest absolute Gasteiger partial charge is 0.0637 e. The molecular weight excluding hydrogens is 1240 g/mol. The molecule has 0 atom stereocenters. The van der Waals surface area contributed by atoms with E-state index >= 15 is 0 Å². The summed E-state index contributed by atoms with van der Waals surface area (Å²) in [5.74, 6) is 0. The lowest BCUT2D eigenvalue weighted by Gasteiger charge is -2.34. The summed E-state index contributed by atoms with van der Waals surface area (Å²) in [4.78, 5) is 0. The number of hydrogen-bond acceptors (Lipinski definition) is 8. The summed E-state index contributed by atoms with van der Waals surface area (Å²) >= 11 is 27.3. The van der Waals surface area contributed by atoms with Crippen molar-refractivity contribution in [1.82, 2.24) is 0 Å². The van der Waals surface area contributed by atoms with Gasteiger partial charge in [0.2, 0.25) is 0 Å². The van der Waals surface area contributed by atoms with Crippen LogP contribution in [-0.2, 0) is 118 Å². The first-order valence-electron chi connectivity index (χ1n) is 32.4. The molecule has 4 nitrogen and oxygen atoms in total. The average molecular weight is 1340 g/mol. The van der Waals surface area contributed by atoms with Gasteiger partial charge in [0.15, 0.2) is 0 Å². The second kappa shape index (κ2) is 39.0. The minimum Gasteiger partial charge on any atom is -0.380 e. The molecule has 89 heavy (non-hydrogen) atoms. The topological polar surface area (TPSA) is 36.9 Å². The lowest BCUT2D eigenvalue weighted by molar-refractivity contribution is -0.100. The van der Waals surface area contributed by atoms with Crippen molar-refractivity contribution in [3.05, 3.63) is 287 Å². The molecule has 0 aliphatic rings. The highest BCUT2D eigenvalue weighted by Crippen LogP contribution is 2.50. The fraction of sp³-hybridized carbons (Fsp3) is 0.377. The van der Waals surface area contributed by atoms with Gasteiger partial charge < -0.3 is 18.9 Å². The first-order chi connectivity index (χ1) is 43.5. The molecule has 0 fully saturated rings. The maximum absolute atomic E-state index is 7.10. The monoisotopic (exact) mass is 1340 g/mol. The molecule has 0 aromatic heterocycles. The van der Waals surface area contributed by atoms with E-state index in [0.717, 1.165) is 125 Å². The molecule has 0 aliphatic heterocycles. The third-order valence-corrected chi connectivity index (χ3v) is 36.3. The summed E-state index contributed by atoms with van der Waals surface area (Å²) in [5, 5.41) is 0. The predicted molar refractivity (Wildman–Crippen MR) is 402 cm³/mol. The van der Waals surface area contributed by atoms with E-state index in [1.807, 2.05) is 0 Å². The quantitative estimate of drug-likeness (QED) is 0.0276. The van der Waals surface area contributed by atoms with E-state index in [1.165, 1.54) is 44.5 Å². The van der Waals surface area contributed by atoms with Crippen LogP contribution in [-0.4, -0.2) is 127 Å². The van der Waals surface area contributed by atoms with Gasteiger partial charge in [0.25, 0.3) is 0 Å². The Hall–Kier alpha value is -3.80. The number of aryl methyl sites for hydroxylation is 8. The van der Waals surface area contributed by atoms with E-state index in [2.05, 4.69) is 243 Å². The Bertz CT molecular complexity index is 2740. The van der Waals surface area contributed by atoms with Crippen LogP contribution in [0.1, 0.15) is 44.5 Å². The van der Waals surface area contributed by atoms with Gasteiger partial charge in [0.1, 0.15) is 0 Å². The zero-order valence-electron chi connectivity index (χ0n) is 52.4. The van der Waals surface area contributed by atoms with Crippen molar-refractivity contribution in [3.8, 4) is 0 Å². The van der Waals surface area contributed by atoms with Crippen molar-refractivity contribution in [1.29, 1.82) is 0 Å². The molecule has 8 aromatic carbocycles. The summed E-state index contributed by atoms with van der Waals surface area (Å²) in [6.07, 6.45) is 19.3. The van der Waals surface area contributed by atoms with Crippen molar-refractivity contribution in [2.24, 2.45) is 5.41 Å². The summed E-state index contributed by atoms with van der Waals surface area (Å²) in [7, 11) is 0. The molecule has 0 heterocycles. The van der Waals surface area contributed by atoms with E-state index in [0.29, 0.717) is 52.9 Å². The Morgan fingerprint density at radius 1 is 0.202 bits per heavy atom. The highest BCUT2D eigenvalue weighted by Gasteiger charge is 2.34. The van der Waals surface area contributed by atoms with E-state index in [9.17, 15) is 0 Å². The van der Waals surface area contributed by atoms with E-state index in [-0.39, 0.29) is 0 Å². The highest BCUT2D eigenvalue weighted by molar-refractivity contribution is 8.15. The molecule has 0 aliphatic carbocycles. The van der Waals surface area contributed by atoms with Gasteiger partial charge in [-0.1, -0.05) is 290 Å². The molecule has 0 radical (unpaired) electrons. The molecule has 8 aromatic rings. The number of ether oxygens (including phenoxy) is 4. The van der Waals surface area contributed by atoms with E-state index in [4.69, 9.17) is 66.2 Å². The minimum atomic E-state index is -1.85. The van der Waals surface area contributed by atoms with Crippen molar-refractivity contribution in [2.45, 2.75) is 51.4 Å². The summed E-state index contributed by atoms with van der Waals surface area (Å²) in [5.41, 5.74) is 10.1. The van der Waals surface area contributed by atoms with Crippen molar-refractivity contribution >= 4 is 71.4 Å². The molecule has 0 N–H and O–H groups in total. The molecule has 472 valence electrons. The second-order valence-electron chi connectivity index (χ2n) is 24.5. The fourth-order valence-electron chi connectivity index (χ4n) is 11.5. The van der Waals surface area contributed by atoms with Gasteiger partial charge in [-0.15, -0.1) is 0 Å². The Kier molecular flexibility index (Phi) is 31.2. The van der Waals surface area contributed by atoms with Crippen LogP contribution in [0.2, 0.25) is 0 Å². The standard InChI is InChI=1S/C77H96O4P4S4/c86-82(53-41-69-25-9-1-10-26-69,54-42-70-27-11-2-12-28-70)61-49-78-65-77(66-79-50-62-83(87,55-43-71-29-13-3-14-30-71)56-44-72-31-15-4-16-32-72,67-80-51-63-84(88,57-45-73-33-17-5-18-34-73)58-46-74-35-19-6-20-36-74)68-81-52-64-85(89,59-47-75-37-21-7-22-38-75)60-48-76-39-23-8-24-40-76/h1-40H,41-68H2. The van der Waals surface area contributed by atoms with Crippen LogP contribution in [0.3, 0.4) is 0 Å². The van der Waals surface area contributed by atoms with Gasteiger partial charge in [-0.25, -0.2) is 0 Å². The molecule has 0 bridgehead atoms. The van der Waals surface area contributed by atoms with Gasteiger partial charge >= 0.3 is 0 Å². The number of rotatable bonds is 44. The molecule has 0 saturated heterocycles. The molecular formula is C77H96O4P4S4. The molecule has 8 rings (SSSR count). The van der Waals surface area contributed by atoms with Crippen molar-refractivity contribution in [3.63, 3.8) is 0 Å². The molecule has 12 heteroatoms. The Labute approximate surface area is 556 Å². The van der Waals surface area contributed by atoms with Crippen LogP contribution in [0.25, 0.3) is 0 Å². The summed E-state index contributed by atoms with van der Waals surface area (Å²) in [6.45, 7) is 3.96. The zero-order chi connectivity index (χ0) is 62.0. The van der Waals surface area contributed by atoms with Crippen molar-refractivity contribution in [2.75, 3.05) is 127 Å². The summed E-state index contributed by atoms with van der Waals surface area (Å²) < 4.78 is 28.4. The highest BCUT2D eigenvalue weighted by atomic mass is 32.5. The van der Waals surface area contributed by atoms with E-state index in [1.54, 1.807) is 0 Å². The van der Waals surface area contributed by atoms with Crippen LogP contribution in [0, 0.1) is 5.41 Å². The van der Waals surface area contributed by atoms with E-state index < -0.39 is 29.6 Å². The maximum Gasteiger partial charge on any atom is 0.0637 e. The van der Waals surface area contributed by atoms with Gasteiger partial charge in [0, 0.05) is 24.6 Å². The van der Waals surface area contributed by atoms with Crippen LogP contribution >= 0.6 is 24.2 Å². The van der Waals surface area contributed by atoms with Crippen LogP contribution in [0.5, 0.6) is 0 Å². The lowest BCUT2D eigenvalue weighted by atomic mass is 9.92. The number of benzene rings is 8. The SMILES string of the molecule is S=P(CCOCC(COCCP(=S)(CCc1ccccc1)CCc1ccccc1)(COCCP(=S)(CCc1ccccc1)CCc1ccccc1)COCCP(=S)(CCc1ccccc1)CCc1ccccc1)(CCc1ccccc1)CCc1ccccc1. The van der Waals surface area contributed by atoms with Crippen LogP contribution in [0.4, 0.5) is 0 Å². The first-order valence-corrected chi connectivity index (χ1v) is 45.8. The molecule has 0 amide bonds. The fourth-order valence-corrected chi connectivity index (χ4v) is 24.4. The largest absolute Gasteiger partial charge is 0.380 e. The first kappa shape index (κ1) is 71.1. The van der Waals surface area contributed by atoms with Gasteiger partial charge in [0.05, 0.1) is 58.3 Å². The predicted octanol–water partition coefficient (Wildman–Crippen LogP) is 17.9. The second-order valence-corrected chi connectivity index (χ2v) is 47.6. The number of hydrogen-bond donors (Lipinski definition) is 0. The van der Waals surface area contributed by atoms with Gasteiger partial charge in [-0.05, 0) is 169 Å². The Balaban J connectivity index is 1.04. The van der Waals surface area contributed by atoms with Crippen LogP contribution in [0.15, 0.2) is 243 Å². The average Bonchev–Trinajstić information content (AvgIpc) is 3.77. The Morgan fingerprint density at radius 2 is 0.337 bits per heavy atom. The lowest BCUT2D eigenvalue weighted by Crippen LogP contribution is -2.42. The summed E-state index contributed by atoms with van der Waals surface area (Å²) in [6, 6.07) is 79.4. The van der Waals surface area contributed by atoms with Gasteiger partial charge in [-0.2, -0.15) is 0 Å². The van der Waals surface area contributed by atoms with Crippen LogP contribution < -0.4 is 0 Å². The third kappa shape index (κ3) is 27.4. The molecule has 0 saturated carbocycles. The third-order valence-electron chi connectivity index (χ3n) is 17.4. The Morgan fingerprint density at radius 3 is 0.472 bits per heavy atom. The molecule has 0 unspecified atom stereocenters. The molecule has 0 spiro atoms. The normalized spacial score (nSPS) is 12.3.